The lowest BCUT2D eigenvalue weighted by Crippen LogP contribution is -2.51. The maximum absolute atomic E-state index is 13.5. The molecule has 204 valence electrons. The van der Waals surface area contributed by atoms with E-state index < -0.39 is 41.7 Å². The number of aryl methyl sites for hydroxylation is 1. The Kier molecular flexibility index (Phi) is 9.51. The average molecular weight is 535 g/mol. The molecule has 39 heavy (non-hydrogen) atoms. The van der Waals surface area contributed by atoms with Crippen LogP contribution < -0.4 is 21.3 Å². The lowest BCUT2D eigenvalue weighted by molar-refractivity contribution is -0.140. The van der Waals surface area contributed by atoms with E-state index in [0.717, 1.165) is 11.6 Å². The number of benzene rings is 3. The normalized spacial score (nSPS) is 15.3. The topological polar surface area (TPSA) is 142 Å². The number of carbonyl (C=O) groups excluding carboxylic acids is 3. The molecular weight excluding hydrogens is 503 g/mol. The summed E-state index contributed by atoms with van der Waals surface area (Å²) in [6, 6.07) is 17.4. The van der Waals surface area contributed by atoms with E-state index >= 15 is 0 Å². The molecule has 3 atom stereocenters. The number of rotatable bonds is 7. The fraction of sp³-hybridized carbons (Fsp3) is 0.241. The molecule has 0 saturated carbocycles. The molecule has 0 aliphatic carbocycles. The van der Waals surface area contributed by atoms with Gasteiger partial charge in [-0.1, -0.05) is 54.6 Å². The third-order valence-electron chi connectivity index (χ3n) is 6.46. The summed E-state index contributed by atoms with van der Waals surface area (Å²) in [6.45, 7) is 3.40. The quantitative estimate of drug-likeness (QED) is 0.367. The largest absolute Gasteiger partial charge is 0.480 e. The van der Waals surface area contributed by atoms with E-state index in [1.165, 1.54) is 17.0 Å². The third kappa shape index (κ3) is 6.85. The second kappa shape index (κ2) is 12.8. The molecule has 1 heterocycles. The Morgan fingerprint density at radius 3 is 2.26 bits per heavy atom. The predicted octanol–water partition coefficient (Wildman–Crippen LogP) is 2.73. The van der Waals surface area contributed by atoms with Gasteiger partial charge in [0.2, 0.25) is 11.8 Å². The highest BCUT2D eigenvalue weighted by molar-refractivity contribution is 6.06. The molecule has 1 aliphatic rings. The molecule has 0 spiro atoms. The van der Waals surface area contributed by atoms with Crippen LogP contribution in [0.15, 0.2) is 72.8 Å². The molecule has 3 aromatic carbocycles. The number of aliphatic carboxylic acids is 1. The van der Waals surface area contributed by atoms with Crippen LogP contribution in [0.5, 0.6) is 0 Å². The van der Waals surface area contributed by atoms with E-state index in [-0.39, 0.29) is 17.9 Å². The first kappa shape index (κ1) is 29.0. The minimum atomic E-state index is -1.08. The van der Waals surface area contributed by atoms with Gasteiger partial charge in [-0.3, -0.25) is 19.3 Å². The van der Waals surface area contributed by atoms with Gasteiger partial charge < -0.3 is 21.5 Å². The minimum absolute atomic E-state index is 0.236. The van der Waals surface area contributed by atoms with Crippen LogP contribution in [0.3, 0.4) is 0 Å². The van der Waals surface area contributed by atoms with Crippen molar-refractivity contribution in [3.05, 3.63) is 101 Å². The molecule has 1 aliphatic heterocycles. The van der Waals surface area contributed by atoms with Crippen molar-refractivity contribution in [2.24, 2.45) is 5.73 Å². The summed E-state index contributed by atoms with van der Waals surface area (Å²) in [5.74, 6) is -2.93. The molecule has 9 nitrogen and oxygen atoms in total. The van der Waals surface area contributed by atoms with Crippen molar-refractivity contribution in [1.29, 1.82) is 0 Å². The molecule has 0 fully saturated rings. The van der Waals surface area contributed by atoms with Crippen LogP contribution in [0.2, 0.25) is 0 Å². The summed E-state index contributed by atoms with van der Waals surface area (Å²) >= 11 is 0. The van der Waals surface area contributed by atoms with Crippen LogP contribution >= 0.6 is 0 Å². The van der Waals surface area contributed by atoms with Gasteiger partial charge in [-0.25, -0.2) is 9.18 Å². The maximum Gasteiger partial charge on any atom is 0.327 e. The second-order valence-electron chi connectivity index (χ2n) is 9.08. The Bertz CT molecular complexity index is 1360. The number of hydrogen-bond acceptors (Lipinski definition) is 5. The molecule has 10 heteroatoms. The highest BCUT2D eigenvalue weighted by Gasteiger charge is 2.41. The van der Waals surface area contributed by atoms with E-state index in [0.29, 0.717) is 16.8 Å². The number of nitrogens with two attached hydrogens (primary N) is 1. The first-order chi connectivity index (χ1) is 18.5. The van der Waals surface area contributed by atoms with Gasteiger partial charge in [0, 0.05) is 17.7 Å². The van der Waals surface area contributed by atoms with Crippen molar-refractivity contribution in [3.63, 3.8) is 0 Å². The van der Waals surface area contributed by atoms with Crippen LogP contribution in [0.1, 0.15) is 40.0 Å². The number of primary amides is 1. The molecule has 0 radical (unpaired) electrons. The van der Waals surface area contributed by atoms with Crippen molar-refractivity contribution in [2.75, 3.05) is 11.9 Å². The van der Waals surface area contributed by atoms with Gasteiger partial charge in [-0.2, -0.15) is 0 Å². The number of para-hydroxylation sites is 1. The van der Waals surface area contributed by atoms with E-state index in [1.54, 1.807) is 57.3 Å². The maximum atomic E-state index is 13.5. The lowest BCUT2D eigenvalue weighted by Gasteiger charge is -2.29. The van der Waals surface area contributed by atoms with Crippen molar-refractivity contribution < 1.29 is 28.7 Å². The summed E-state index contributed by atoms with van der Waals surface area (Å²) in [5, 5.41) is 15.3. The SMILES string of the molecule is CNC(C)C(=O)NC(C(=O)N1c2ccccc2CC1C(=O)O)c1ccccc1.Cc1ccc(F)cc1C(N)=O. The number of carboxylic acids is 1. The van der Waals surface area contributed by atoms with Crippen molar-refractivity contribution in [1.82, 2.24) is 10.6 Å². The van der Waals surface area contributed by atoms with E-state index in [9.17, 15) is 28.7 Å². The monoisotopic (exact) mass is 534 g/mol. The van der Waals surface area contributed by atoms with Gasteiger partial charge >= 0.3 is 5.97 Å². The Hall–Kier alpha value is -4.57. The summed E-state index contributed by atoms with van der Waals surface area (Å²) in [4.78, 5) is 49.7. The number of fused-ring (bicyclic) bond motifs is 1. The average Bonchev–Trinajstić information content (AvgIpc) is 3.33. The number of nitrogens with zero attached hydrogens (tertiary/aromatic N) is 1. The number of halogens is 1. The molecule has 0 bridgehead atoms. The Morgan fingerprint density at radius 1 is 1.03 bits per heavy atom. The Morgan fingerprint density at radius 2 is 1.67 bits per heavy atom. The predicted molar refractivity (Wildman–Crippen MR) is 145 cm³/mol. The van der Waals surface area contributed by atoms with Gasteiger partial charge in [0.25, 0.3) is 5.91 Å². The number of carboxylic acid groups (broad SMARTS) is 1. The van der Waals surface area contributed by atoms with Gasteiger partial charge in [0.05, 0.1) is 6.04 Å². The number of amides is 3. The number of carbonyl (C=O) groups is 4. The second-order valence-corrected chi connectivity index (χ2v) is 9.08. The number of likely N-dealkylation sites (N-methyl/N-ethyl adjacent to an activating group) is 1. The molecule has 4 rings (SSSR count). The fourth-order valence-corrected chi connectivity index (χ4v) is 4.19. The van der Waals surface area contributed by atoms with Gasteiger partial charge in [0.1, 0.15) is 17.9 Å². The zero-order valence-corrected chi connectivity index (χ0v) is 21.9. The Balaban J connectivity index is 0.000000320. The van der Waals surface area contributed by atoms with Crippen LogP contribution in [0, 0.1) is 12.7 Å². The van der Waals surface area contributed by atoms with Crippen LogP contribution in [0.4, 0.5) is 10.1 Å². The fourth-order valence-electron chi connectivity index (χ4n) is 4.19. The Labute approximate surface area is 225 Å². The standard InChI is InChI=1S/C21H23N3O4.C8H8FNO/c1-13(22-2)19(25)23-18(14-8-4-3-5-9-14)20(26)24-16-11-7-6-10-15(16)12-17(24)21(27)28;1-5-2-3-6(9)4-7(5)8(10)11/h3-11,13,17-18,22H,12H2,1-2H3,(H,23,25)(H,27,28);2-4H,1H3,(H2,10,11). The molecule has 5 N–H and O–H groups in total. The van der Waals surface area contributed by atoms with Crippen LogP contribution in [-0.4, -0.2) is 47.9 Å². The van der Waals surface area contributed by atoms with Gasteiger partial charge in [-0.05, 0) is 55.8 Å². The van der Waals surface area contributed by atoms with E-state index in [1.807, 2.05) is 18.2 Å². The van der Waals surface area contributed by atoms with Crippen molar-refractivity contribution in [3.8, 4) is 0 Å². The van der Waals surface area contributed by atoms with Crippen LogP contribution in [0.25, 0.3) is 0 Å². The number of hydrogen-bond donors (Lipinski definition) is 4. The number of anilines is 1. The van der Waals surface area contributed by atoms with Crippen molar-refractivity contribution in [2.45, 2.75) is 38.4 Å². The summed E-state index contributed by atoms with van der Waals surface area (Å²) in [5.41, 5.74) is 7.87. The molecule has 0 aromatic heterocycles. The molecular formula is C29H31FN4O5. The first-order valence-electron chi connectivity index (χ1n) is 12.3. The highest BCUT2D eigenvalue weighted by atomic mass is 19.1. The summed E-state index contributed by atoms with van der Waals surface area (Å²) < 4.78 is 12.5. The zero-order chi connectivity index (χ0) is 28.7. The molecule has 3 aromatic rings. The molecule has 3 amide bonds. The third-order valence-corrected chi connectivity index (χ3v) is 6.46. The number of nitrogens with one attached hydrogen (secondary N) is 2. The van der Waals surface area contributed by atoms with E-state index in [2.05, 4.69) is 10.6 Å². The highest BCUT2D eigenvalue weighted by Crippen LogP contribution is 2.34. The zero-order valence-electron chi connectivity index (χ0n) is 21.9. The van der Waals surface area contributed by atoms with Crippen LogP contribution in [-0.2, 0) is 20.8 Å². The first-order valence-corrected chi connectivity index (χ1v) is 12.3. The van der Waals surface area contributed by atoms with Gasteiger partial charge in [0.15, 0.2) is 0 Å². The lowest BCUT2D eigenvalue weighted by atomic mass is 10.0. The van der Waals surface area contributed by atoms with E-state index in [4.69, 9.17) is 5.73 Å². The van der Waals surface area contributed by atoms with Gasteiger partial charge in [-0.15, -0.1) is 0 Å². The smallest absolute Gasteiger partial charge is 0.327 e. The molecule has 0 saturated heterocycles. The summed E-state index contributed by atoms with van der Waals surface area (Å²) in [6.07, 6.45) is 0.236. The minimum Gasteiger partial charge on any atom is -0.480 e. The van der Waals surface area contributed by atoms with Crippen molar-refractivity contribution >= 4 is 29.4 Å². The summed E-state index contributed by atoms with van der Waals surface area (Å²) in [7, 11) is 1.65. The molecule has 3 unspecified atom stereocenters.